The third kappa shape index (κ3) is 3.55. The molecule has 0 bridgehead atoms. The van der Waals surface area contributed by atoms with E-state index in [2.05, 4.69) is 44.1 Å². The number of amides is 1. The second-order valence-electron chi connectivity index (χ2n) is 4.73. The Bertz CT molecular complexity index is 399. The molecule has 2 rings (SSSR count). The molecule has 2 atom stereocenters. The summed E-state index contributed by atoms with van der Waals surface area (Å²) in [6.07, 6.45) is 3.80. The van der Waals surface area contributed by atoms with Crippen molar-refractivity contribution < 1.29 is 4.79 Å². The van der Waals surface area contributed by atoms with Crippen molar-refractivity contribution in [3.05, 3.63) is 19.2 Å². The average Bonchev–Trinajstić information content (AvgIpc) is 2.83. The summed E-state index contributed by atoms with van der Waals surface area (Å²) < 4.78 is 1.92. The minimum Gasteiger partial charge on any atom is -0.351 e. The summed E-state index contributed by atoms with van der Waals surface area (Å²) in [7, 11) is 0. The van der Waals surface area contributed by atoms with Gasteiger partial charge in [0.25, 0.3) is 5.91 Å². The molecule has 1 aromatic rings. The molecular formula is C12H15Br2NOS. The van der Waals surface area contributed by atoms with Crippen molar-refractivity contribution in [2.24, 2.45) is 11.8 Å². The van der Waals surface area contributed by atoms with Crippen molar-refractivity contribution in [3.63, 3.8) is 0 Å². The van der Waals surface area contributed by atoms with Gasteiger partial charge in [-0.15, -0.1) is 11.3 Å². The molecule has 0 spiro atoms. The Labute approximate surface area is 122 Å². The van der Waals surface area contributed by atoms with Crippen LogP contribution in [0.25, 0.3) is 0 Å². The van der Waals surface area contributed by atoms with Crippen LogP contribution in [0.4, 0.5) is 0 Å². The fourth-order valence-electron chi connectivity index (χ4n) is 2.29. The lowest BCUT2D eigenvalue weighted by Crippen LogP contribution is -2.27. The predicted molar refractivity (Wildman–Crippen MR) is 78.6 cm³/mol. The molecule has 2 nitrogen and oxygen atoms in total. The Hall–Kier alpha value is 0.130. The van der Waals surface area contributed by atoms with E-state index in [1.807, 2.05) is 6.07 Å². The molecule has 94 valence electrons. The maximum absolute atomic E-state index is 11.9. The van der Waals surface area contributed by atoms with E-state index in [-0.39, 0.29) is 5.91 Å². The van der Waals surface area contributed by atoms with Gasteiger partial charge >= 0.3 is 0 Å². The molecule has 1 amide bonds. The Morgan fingerprint density at radius 1 is 1.53 bits per heavy atom. The van der Waals surface area contributed by atoms with E-state index in [1.165, 1.54) is 30.6 Å². The molecule has 0 radical (unpaired) electrons. The molecule has 0 saturated heterocycles. The number of hydrogen-bond donors (Lipinski definition) is 1. The van der Waals surface area contributed by atoms with Crippen LogP contribution in [0.3, 0.4) is 0 Å². The number of nitrogens with one attached hydrogen (secondary N) is 1. The van der Waals surface area contributed by atoms with E-state index in [0.717, 1.165) is 25.6 Å². The van der Waals surface area contributed by atoms with Crippen LogP contribution >= 0.6 is 43.2 Å². The lowest BCUT2D eigenvalue weighted by atomic mass is 10.1. The summed E-state index contributed by atoms with van der Waals surface area (Å²) in [5.74, 6) is 1.53. The number of halogens is 2. The van der Waals surface area contributed by atoms with E-state index in [4.69, 9.17) is 0 Å². The van der Waals surface area contributed by atoms with Gasteiger partial charge in [-0.25, -0.2) is 0 Å². The van der Waals surface area contributed by atoms with Gasteiger partial charge in [-0.2, -0.15) is 0 Å². The second kappa shape index (κ2) is 5.85. The molecule has 1 aliphatic rings. The zero-order chi connectivity index (χ0) is 12.4. The average molecular weight is 381 g/mol. The van der Waals surface area contributed by atoms with E-state index >= 15 is 0 Å². The van der Waals surface area contributed by atoms with Crippen LogP contribution in [0.5, 0.6) is 0 Å². The normalized spacial score (nSPS) is 23.9. The fraction of sp³-hybridized carbons (Fsp3) is 0.583. The molecule has 1 fully saturated rings. The smallest absolute Gasteiger partial charge is 0.261 e. The SMILES string of the molecule is CC1CCC(CNC(=O)c2cc(Br)c(Br)s2)C1. The molecule has 17 heavy (non-hydrogen) atoms. The van der Waals surface area contributed by atoms with Gasteiger partial charge in [-0.05, 0) is 62.6 Å². The highest BCUT2D eigenvalue weighted by atomic mass is 79.9. The molecule has 1 aromatic heterocycles. The van der Waals surface area contributed by atoms with Crippen LogP contribution in [0.1, 0.15) is 35.9 Å². The molecule has 2 unspecified atom stereocenters. The number of carbonyl (C=O) groups excluding carboxylic acids is 1. The van der Waals surface area contributed by atoms with Gasteiger partial charge in [0.05, 0.1) is 8.66 Å². The zero-order valence-corrected chi connectivity index (χ0v) is 13.6. The van der Waals surface area contributed by atoms with Gasteiger partial charge in [-0.3, -0.25) is 4.79 Å². The molecule has 5 heteroatoms. The largest absolute Gasteiger partial charge is 0.351 e. The minimum absolute atomic E-state index is 0.0425. The first kappa shape index (κ1) is 13.6. The van der Waals surface area contributed by atoms with Gasteiger partial charge in [0, 0.05) is 11.0 Å². The molecule has 0 aliphatic heterocycles. The van der Waals surface area contributed by atoms with E-state index in [0.29, 0.717) is 5.92 Å². The van der Waals surface area contributed by atoms with Crippen molar-refractivity contribution in [1.29, 1.82) is 0 Å². The monoisotopic (exact) mass is 379 g/mol. The van der Waals surface area contributed by atoms with E-state index < -0.39 is 0 Å². The highest BCUT2D eigenvalue weighted by Crippen LogP contribution is 2.33. The van der Waals surface area contributed by atoms with Gasteiger partial charge in [0.15, 0.2) is 0 Å². The summed E-state index contributed by atoms with van der Waals surface area (Å²) in [6.45, 7) is 3.10. The molecular weight excluding hydrogens is 366 g/mol. The third-order valence-corrected chi connectivity index (χ3v) is 6.48. The summed E-state index contributed by atoms with van der Waals surface area (Å²) in [5.41, 5.74) is 0. The van der Waals surface area contributed by atoms with Crippen LogP contribution in [0.2, 0.25) is 0 Å². The zero-order valence-electron chi connectivity index (χ0n) is 9.63. The third-order valence-electron chi connectivity index (χ3n) is 3.22. The summed E-state index contributed by atoms with van der Waals surface area (Å²) in [5, 5.41) is 3.03. The lowest BCUT2D eigenvalue weighted by molar-refractivity contribution is 0.0951. The van der Waals surface area contributed by atoms with Gasteiger partial charge in [0.2, 0.25) is 0 Å². The molecule has 1 N–H and O–H groups in total. The maximum atomic E-state index is 11.9. The molecule has 1 saturated carbocycles. The van der Waals surface area contributed by atoms with Crippen LogP contribution in [-0.4, -0.2) is 12.5 Å². The van der Waals surface area contributed by atoms with Crippen LogP contribution in [0.15, 0.2) is 14.3 Å². The minimum atomic E-state index is 0.0425. The van der Waals surface area contributed by atoms with Crippen molar-refractivity contribution in [3.8, 4) is 0 Å². The lowest BCUT2D eigenvalue weighted by Gasteiger charge is -2.10. The summed E-state index contributed by atoms with van der Waals surface area (Å²) in [4.78, 5) is 12.7. The molecule has 1 heterocycles. The van der Waals surface area contributed by atoms with Crippen LogP contribution in [-0.2, 0) is 0 Å². The topological polar surface area (TPSA) is 29.1 Å². The Kier molecular flexibility index (Phi) is 4.66. The van der Waals surface area contributed by atoms with Crippen molar-refractivity contribution >= 4 is 49.1 Å². The first-order valence-corrected chi connectivity index (χ1v) is 8.19. The van der Waals surface area contributed by atoms with Gasteiger partial charge < -0.3 is 5.32 Å². The van der Waals surface area contributed by atoms with Crippen molar-refractivity contribution in [1.82, 2.24) is 5.32 Å². The first-order chi connectivity index (χ1) is 8.06. The summed E-state index contributed by atoms with van der Waals surface area (Å²) >= 11 is 8.26. The Morgan fingerprint density at radius 2 is 2.29 bits per heavy atom. The van der Waals surface area contributed by atoms with E-state index in [9.17, 15) is 4.79 Å². The van der Waals surface area contributed by atoms with Crippen molar-refractivity contribution in [2.45, 2.75) is 26.2 Å². The fourth-order valence-corrected chi connectivity index (χ4v) is 4.25. The van der Waals surface area contributed by atoms with Crippen LogP contribution < -0.4 is 5.32 Å². The van der Waals surface area contributed by atoms with Gasteiger partial charge in [0.1, 0.15) is 0 Å². The number of hydrogen-bond acceptors (Lipinski definition) is 2. The molecule has 1 aliphatic carbocycles. The Morgan fingerprint density at radius 3 is 2.82 bits per heavy atom. The standard InChI is InChI=1S/C12H15Br2NOS/c1-7-2-3-8(4-7)6-15-12(16)10-5-9(13)11(14)17-10/h5,7-8H,2-4,6H2,1H3,(H,15,16). The van der Waals surface area contributed by atoms with Crippen LogP contribution in [0, 0.1) is 11.8 Å². The molecule has 0 aromatic carbocycles. The second-order valence-corrected chi connectivity index (χ2v) is 7.95. The predicted octanol–water partition coefficient (Wildman–Crippen LogP) is 4.44. The number of thiophene rings is 1. The van der Waals surface area contributed by atoms with Gasteiger partial charge in [-0.1, -0.05) is 13.3 Å². The Balaban J connectivity index is 1.85. The number of rotatable bonds is 3. The highest BCUT2D eigenvalue weighted by Gasteiger charge is 2.22. The summed E-state index contributed by atoms with van der Waals surface area (Å²) in [6, 6.07) is 1.86. The number of carbonyl (C=O) groups is 1. The first-order valence-electron chi connectivity index (χ1n) is 5.79. The van der Waals surface area contributed by atoms with E-state index in [1.54, 1.807) is 0 Å². The highest BCUT2D eigenvalue weighted by molar-refractivity contribution is 9.13. The quantitative estimate of drug-likeness (QED) is 0.825. The maximum Gasteiger partial charge on any atom is 0.261 e. The van der Waals surface area contributed by atoms with Crippen molar-refractivity contribution in [2.75, 3.05) is 6.54 Å².